The minimum atomic E-state index is -0.194. The standard InChI is InChI=1S/C18H17Cl2N5O/c1-11(10-26)22-18-24-16(15-4-2-3-7-21-15)9-17(25-18)23-14-6-5-12(19)8-13(14)20/h2-9,11,26H,10H2,1H3,(H2,22,23,24,25)/t11-/m1/s1. The van der Waals surface area contributed by atoms with Crippen molar-refractivity contribution in [1.29, 1.82) is 0 Å². The molecular formula is C18H17Cl2N5O. The average Bonchev–Trinajstić information content (AvgIpc) is 2.64. The summed E-state index contributed by atoms with van der Waals surface area (Å²) in [5.41, 5.74) is 2.02. The Morgan fingerprint density at radius 1 is 1.08 bits per heavy atom. The van der Waals surface area contributed by atoms with E-state index in [1.807, 2.05) is 25.1 Å². The van der Waals surface area contributed by atoms with Crippen LogP contribution in [0.2, 0.25) is 10.0 Å². The van der Waals surface area contributed by atoms with Crippen molar-refractivity contribution in [3.63, 3.8) is 0 Å². The molecule has 0 bridgehead atoms. The molecule has 0 saturated heterocycles. The predicted octanol–water partition coefficient (Wildman–Crippen LogP) is 4.38. The first-order valence-corrected chi connectivity index (χ1v) is 8.70. The second-order valence-corrected chi connectivity index (χ2v) is 6.50. The van der Waals surface area contributed by atoms with E-state index in [0.717, 1.165) is 0 Å². The monoisotopic (exact) mass is 389 g/mol. The number of aliphatic hydroxyl groups is 1. The topological polar surface area (TPSA) is 83.0 Å². The summed E-state index contributed by atoms with van der Waals surface area (Å²) in [6.07, 6.45) is 1.70. The van der Waals surface area contributed by atoms with Crippen LogP contribution >= 0.6 is 23.2 Å². The molecule has 0 aliphatic carbocycles. The lowest BCUT2D eigenvalue weighted by Gasteiger charge is -2.14. The van der Waals surface area contributed by atoms with Crippen LogP contribution < -0.4 is 10.6 Å². The van der Waals surface area contributed by atoms with Gasteiger partial charge in [-0.25, -0.2) is 4.98 Å². The van der Waals surface area contributed by atoms with Gasteiger partial charge < -0.3 is 15.7 Å². The van der Waals surface area contributed by atoms with Gasteiger partial charge >= 0.3 is 0 Å². The highest BCUT2D eigenvalue weighted by Crippen LogP contribution is 2.29. The smallest absolute Gasteiger partial charge is 0.225 e. The number of hydrogen-bond acceptors (Lipinski definition) is 6. The predicted molar refractivity (Wildman–Crippen MR) is 105 cm³/mol. The third kappa shape index (κ3) is 4.60. The van der Waals surface area contributed by atoms with Crippen LogP contribution in [-0.4, -0.2) is 32.7 Å². The van der Waals surface area contributed by atoms with E-state index in [1.54, 1.807) is 30.5 Å². The van der Waals surface area contributed by atoms with E-state index in [-0.39, 0.29) is 12.6 Å². The Kier molecular flexibility index (Phi) is 5.88. The summed E-state index contributed by atoms with van der Waals surface area (Å²) in [5.74, 6) is 0.916. The lowest BCUT2D eigenvalue weighted by Crippen LogP contribution is -2.21. The van der Waals surface area contributed by atoms with Gasteiger partial charge in [0, 0.05) is 23.3 Å². The fourth-order valence-corrected chi connectivity index (χ4v) is 2.67. The van der Waals surface area contributed by atoms with Gasteiger partial charge in [0.2, 0.25) is 5.95 Å². The quantitative estimate of drug-likeness (QED) is 0.579. The zero-order valence-electron chi connectivity index (χ0n) is 13.9. The van der Waals surface area contributed by atoms with Gasteiger partial charge in [-0.1, -0.05) is 29.3 Å². The minimum absolute atomic E-state index is 0.0387. The fraction of sp³-hybridized carbons (Fsp3) is 0.167. The molecule has 0 saturated carbocycles. The molecule has 1 atom stereocenters. The number of halogens is 2. The third-order valence-corrected chi connectivity index (χ3v) is 4.04. The lowest BCUT2D eigenvalue weighted by molar-refractivity contribution is 0.281. The molecule has 1 aromatic carbocycles. The van der Waals surface area contributed by atoms with Crippen molar-refractivity contribution >= 4 is 40.7 Å². The number of pyridine rings is 1. The molecule has 0 aliphatic rings. The maximum absolute atomic E-state index is 9.27. The van der Waals surface area contributed by atoms with E-state index in [2.05, 4.69) is 25.6 Å². The van der Waals surface area contributed by atoms with Gasteiger partial charge in [-0.2, -0.15) is 4.98 Å². The Hall–Kier alpha value is -2.41. The number of hydrogen-bond donors (Lipinski definition) is 3. The van der Waals surface area contributed by atoms with Crippen molar-refractivity contribution in [3.05, 3.63) is 58.7 Å². The molecule has 8 heteroatoms. The Morgan fingerprint density at radius 3 is 2.62 bits per heavy atom. The number of rotatable bonds is 6. The van der Waals surface area contributed by atoms with Crippen LogP contribution in [0.3, 0.4) is 0 Å². The Morgan fingerprint density at radius 2 is 1.92 bits per heavy atom. The van der Waals surface area contributed by atoms with E-state index in [4.69, 9.17) is 23.2 Å². The summed E-state index contributed by atoms with van der Waals surface area (Å²) in [4.78, 5) is 13.2. The van der Waals surface area contributed by atoms with Crippen LogP contribution in [0, 0.1) is 0 Å². The van der Waals surface area contributed by atoms with Gasteiger partial charge in [-0.05, 0) is 37.3 Å². The van der Waals surface area contributed by atoms with Crippen LogP contribution in [0.5, 0.6) is 0 Å². The lowest BCUT2D eigenvalue weighted by atomic mass is 10.2. The van der Waals surface area contributed by atoms with Crippen LogP contribution in [0.1, 0.15) is 6.92 Å². The van der Waals surface area contributed by atoms with E-state index in [0.29, 0.717) is 38.9 Å². The van der Waals surface area contributed by atoms with Crippen LogP contribution in [0.4, 0.5) is 17.5 Å². The number of benzene rings is 1. The van der Waals surface area contributed by atoms with Gasteiger partial charge in [0.05, 0.1) is 28.7 Å². The van der Waals surface area contributed by atoms with E-state index < -0.39 is 0 Å². The summed E-state index contributed by atoms with van der Waals surface area (Å²) < 4.78 is 0. The number of aliphatic hydroxyl groups excluding tert-OH is 1. The van der Waals surface area contributed by atoms with E-state index >= 15 is 0 Å². The largest absolute Gasteiger partial charge is 0.394 e. The number of nitrogens with one attached hydrogen (secondary N) is 2. The van der Waals surface area contributed by atoms with Crippen LogP contribution in [0.15, 0.2) is 48.7 Å². The summed E-state index contributed by atoms with van der Waals surface area (Å²) in [5, 5.41) is 16.5. The van der Waals surface area contributed by atoms with Gasteiger partial charge in [0.1, 0.15) is 5.82 Å². The van der Waals surface area contributed by atoms with Crippen molar-refractivity contribution in [2.24, 2.45) is 0 Å². The maximum atomic E-state index is 9.27. The number of aromatic nitrogens is 3. The van der Waals surface area contributed by atoms with Gasteiger partial charge in [-0.3, -0.25) is 4.98 Å². The fourth-order valence-electron chi connectivity index (χ4n) is 2.22. The maximum Gasteiger partial charge on any atom is 0.225 e. The second kappa shape index (κ2) is 8.31. The summed E-state index contributed by atoms with van der Waals surface area (Å²) in [6, 6.07) is 12.3. The SMILES string of the molecule is C[C@H](CO)Nc1nc(Nc2ccc(Cl)cc2Cl)cc(-c2ccccn2)n1. The Labute approximate surface area is 161 Å². The first-order valence-electron chi connectivity index (χ1n) is 7.95. The zero-order valence-corrected chi connectivity index (χ0v) is 15.5. The highest BCUT2D eigenvalue weighted by molar-refractivity contribution is 6.36. The molecule has 3 aromatic rings. The van der Waals surface area contributed by atoms with Gasteiger partial charge in [0.15, 0.2) is 0 Å². The van der Waals surface area contributed by atoms with Crippen molar-refractivity contribution in [1.82, 2.24) is 15.0 Å². The molecule has 0 aliphatic heterocycles. The molecule has 3 rings (SSSR count). The average molecular weight is 390 g/mol. The molecule has 2 heterocycles. The molecule has 134 valence electrons. The molecule has 26 heavy (non-hydrogen) atoms. The molecule has 0 fully saturated rings. The Balaban J connectivity index is 1.98. The molecule has 3 N–H and O–H groups in total. The van der Waals surface area contributed by atoms with Crippen LogP contribution in [-0.2, 0) is 0 Å². The van der Waals surface area contributed by atoms with Crippen LogP contribution in [0.25, 0.3) is 11.4 Å². The summed E-state index contributed by atoms with van der Waals surface area (Å²) in [7, 11) is 0. The van der Waals surface area contributed by atoms with Crippen molar-refractivity contribution in [2.45, 2.75) is 13.0 Å². The molecule has 0 amide bonds. The third-order valence-electron chi connectivity index (χ3n) is 3.50. The summed E-state index contributed by atoms with van der Waals surface area (Å²) in [6.45, 7) is 1.79. The first-order chi connectivity index (χ1) is 12.5. The molecular weight excluding hydrogens is 373 g/mol. The van der Waals surface area contributed by atoms with Crippen molar-refractivity contribution < 1.29 is 5.11 Å². The van der Waals surface area contributed by atoms with E-state index in [1.165, 1.54) is 0 Å². The zero-order chi connectivity index (χ0) is 18.5. The highest BCUT2D eigenvalue weighted by atomic mass is 35.5. The first kappa shape index (κ1) is 18.4. The molecule has 0 unspecified atom stereocenters. The Bertz CT molecular complexity index is 892. The van der Waals surface area contributed by atoms with Crippen molar-refractivity contribution in [2.75, 3.05) is 17.2 Å². The molecule has 0 radical (unpaired) electrons. The number of nitrogens with zero attached hydrogens (tertiary/aromatic N) is 3. The highest BCUT2D eigenvalue weighted by Gasteiger charge is 2.11. The van der Waals surface area contributed by atoms with Crippen molar-refractivity contribution in [3.8, 4) is 11.4 Å². The van der Waals surface area contributed by atoms with Gasteiger partial charge in [0.25, 0.3) is 0 Å². The second-order valence-electron chi connectivity index (χ2n) is 5.65. The van der Waals surface area contributed by atoms with Gasteiger partial charge in [-0.15, -0.1) is 0 Å². The molecule has 0 spiro atoms. The molecule has 2 aromatic heterocycles. The number of anilines is 3. The summed E-state index contributed by atoms with van der Waals surface area (Å²) >= 11 is 12.2. The normalized spacial score (nSPS) is 11.8. The minimum Gasteiger partial charge on any atom is -0.394 e. The van der Waals surface area contributed by atoms with E-state index in [9.17, 15) is 5.11 Å². The molecule has 6 nitrogen and oxygen atoms in total.